The van der Waals surface area contributed by atoms with Crippen molar-refractivity contribution in [3.8, 4) is 0 Å². The molecule has 36 heavy (non-hydrogen) atoms. The Kier molecular flexibility index (Phi) is 9.78. The number of benzene rings is 2. The summed E-state index contributed by atoms with van der Waals surface area (Å²) in [7, 11) is 0. The van der Waals surface area contributed by atoms with E-state index < -0.39 is 17.7 Å². The van der Waals surface area contributed by atoms with Crippen LogP contribution in [0, 0.1) is 0 Å². The van der Waals surface area contributed by atoms with Gasteiger partial charge in [-0.05, 0) is 66.1 Å². The molecule has 3 N–H and O–H groups in total. The summed E-state index contributed by atoms with van der Waals surface area (Å²) in [5.74, 6) is -0.844. The SMILES string of the molecule is C=C(NOCc1ccc(N2CCCCC2)c(C(F)(F)F)c1)c1ccc(CNCCC(=O)O)c(CC)c1. The molecule has 0 aliphatic carbocycles. The summed E-state index contributed by atoms with van der Waals surface area (Å²) >= 11 is 0. The second-order valence-corrected chi connectivity index (χ2v) is 8.92. The summed E-state index contributed by atoms with van der Waals surface area (Å²) in [5.41, 5.74) is 6.21. The summed E-state index contributed by atoms with van der Waals surface area (Å²) in [5, 5.41) is 11.9. The smallest absolute Gasteiger partial charge is 0.418 e. The third kappa shape index (κ3) is 7.73. The van der Waals surface area contributed by atoms with E-state index in [-0.39, 0.29) is 18.7 Å². The number of piperidine rings is 1. The fourth-order valence-corrected chi connectivity index (χ4v) is 4.31. The van der Waals surface area contributed by atoms with Crippen LogP contribution in [0.25, 0.3) is 5.70 Å². The van der Waals surface area contributed by atoms with E-state index >= 15 is 0 Å². The highest BCUT2D eigenvalue weighted by Crippen LogP contribution is 2.38. The molecule has 0 amide bonds. The van der Waals surface area contributed by atoms with Gasteiger partial charge >= 0.3 is 12.1 Å². The average molecular weight is 506 g/mol. The van der Waals surface area contributed by atoms with Gasteiger partial charge in [0.1, 0.15) is 0 Å². The molecule has 6 nitrogen and oxygen atoms in total. The van der Waals surface area contributed by atoms with Crippen molar-refractivity contribution in [2.75, 3.05) is 24.5 Å². The number of aliphatic carboxylic acids is 1. The van der Waals surface area contributed by atoms with Gasteiger partial charge in [0.15, 0.2) is 0 Å². The van der Waals surface area contributed by atoms with E-state index in [1.54, 1.807) is 12.1 Å². The predicted molar refractivity (Wildman–Crippen MR) is 134 cm³/mol. The number of alkyl halides is 3. The molecule has 2 aromatic rings. The van der Waals surface area contributed by atoms with Crippen molar-refractivity contribution >= 4 is 17.4 Å². The summed E-state index contributed by atoms with van der Waals surface area (Å²) in [4.78, 5) is 18.0. The number of hydrogen-bond acceptors (Lipinski definition) is 5. The molecule has 3 rings (SSSR count). The number of hydrogen-bond donors (Lipinski definition) is 3. The number of anilines is 1. The molecular formula is C27H34F3N3O3. The maximum atomic E-state index is 13.8. The number of rotatable bonds is 12. The van der Waals surface area contributed by atoms with Crippen LogP contribution < -0.4 is 15.7 Å². The minimum absolute atomic E-state index is 0.0470. The fraction of sp³-hybridized carbons (Fsp3) is 0.444. The van der Waals surface area contributed by atoms with E-state index in [4.69, 9.17) is 9.94 Å². The molecule has 0 spiro atoms. The van der Waals surface area contributed by atoms with Gasteiger partial charge in [-0.3, -0.25) is 15.1 Å². The number of nitrogens with zero attached hydrogens (tertiary/aromatic N) is 1. The van der Waals surface area contributed by atoms with Crippen LogP contribution in [0.2, 0.25) is 0 Å². The first-order chi connectivity index (χ1) is 17.2. The van der Waals surface area contributed by atoms with Gasteiger partial charge in [-0.2, -0.15) is 13.2 Å². The zero-order valence-electron chi connectivity index (χ0n) is 20.6. The minimum atomic E-state index is -4.44. The lowest BCUT2D eigenvalue weighted by atomic mass is 10.0. The van der Waals surface area contributed by atoms with Crippen molar-refractivity contribution in [1.29, 1.82) is 0 Å². The molecule has 0 unspecified atom stereocenters. The highest BCUT2D eigenvalue weighted by Gasteiger charge is 2.35. The van der Waals surface area contributed by atoms with E-state index in [2.05, 4.69) is 17.4 Å². The summed E-state index contributed by atoms with van der Waals surface area (Å²) in [6, 6.07) is 10.2. The number of carbonyl (C=O) groups is 1. The Labute approximate surface area is 210 Å². The topological polar surface area (TPSA) is 73.8 Å². The molecule has 1 saturated heterocycles. The lowest BCUT2D eigenvalue weighted by Crippen LogP contribution is -2.31. The zero-order valence-corrected chi connectivity index (χ0v) is 20.6. The standard InChI is InChI=1S/C27H34F3N3O3/c1-3-21-16-22(8-9-23(21)17-31-12-11-26(34)35)19(2)32-36-18-20-7-10-25(24(15-20)27(28,29)30)33-13-5-4-6-14-33/h7-10,15-16,31-32H,2-6,11-14,17-18H2,1H3,(H,34,35). The van der Waals surface area contributed by atoms with Crippen molar-refractivity contribution in [1.82, 2.24) is 10.8 Å². The third-order valence-corrected chi connectivity index (χ3v) is 6.26. The van der Waals surface area contributed by atoms with Gasteiger partial charge in [0, 0.05) is 31.9 Å². The highest BCUT2D eigenvalue weighted by molar-refractivity contribution is 5.66. The van der Waals surface area contributed by atoms with Crippen molar-refractivity contribution in [3.05, 3.63) is 70.8 Å². The normalized spacial score (nSPS) is 14.1. The lowest BCUT2D eigenvalue weighted by molar-refractivity contribution is -0.138. The van der Waals surface area contributed by atoms with Crippen molar-refractivity contribution in [2.24, 2.45) is 0 Å². The number of aryl methyl sites for hydroxylation is 1. The van der Waals surface area contributed by atoms with Crippen LogP contribution in [-0.4, -0.2) is 30.7 Å². The Morgan fingerprint density at radius 1 is 1.11 bits per heavy atom. The Balaban J connectivity index is 1.59. The molecule has 9 heteroatoms. The minimum Gasteiger partial charge on any atom is -0.481 e. The van der Waals surface area contributed by atoms with Gasteiger partial charge in [-0.15, -0.1) is 0 Å². The van der Waals surface area contributed by atoms with E-state index in [1.807, 2.05) is 30.0 Å². The van der Waals surface area contributed by atoms with E-state index in [0.717, 1.165) is 48.4 Å². The zero-order chi connectivity index (χ0) is 26.1. The second kappa shape index (κ2) is 12.8. The molecule has 1 heterocycles. The van der Waals surface area contributed by atoms with Crippen LogP contribution in [0.1, 0.15) is 60.4 Å². The Hall–Kier alpha value is -3.04. The molecule has 1 aliphatic heterocycles. The lowest BCUT2D eigenvalue weighted by Gasteiger charge is -2.31. The van der Waals surface area contributed by atoms with Crippen LogP contribution in [0.3, 0.4) is 0 Å². The predicted octanol–water partition coefficient (Wildman–Crippen LogP) is 5.51. The molecule has 0 aromatic heterocycles. The van der Waals surface area contributed by atoms with Gasteiger partial charge in [0.2, 0.25) is 0 Å². The molecule has 0 bridgehead atoms. The maximum absolute atomic E-state index is 13.8. The average Bonchev–Trinajstić information content (AvgIpc) is 2.86. The highest BCUT2D eigenvalue weighted by atomic mass is 19.4. The molecular weight excluding hydrogens is 471 g/mol. The van der Waals surface area contributed by atoms with E-state index in [1.165, 1.54) is 0 Å². The van der Waals surface area contributed by atoms with Gasteiger partial charge in [0.25, 0.3) is 0 Å². The van der Waals surface area contributed by atoms with Crippen molar-refractivity contribution in [2.45, 2.75) is 58.4 Å². The molecule has 2 aromatic carbocycles. The molecule has 0 radical (unpaired) electrons. The molecule has 0 saturated carbocycles. The van der Waals surface area contributed by atoms with E-state index in [9.17, 15) is 18.0 Å². The first-order valence-corrected chi connectivity index (χ1v) is 12.3. The number of nitrogens with one attached hydrogen (secondary N) is 2. The largest absolute Gasteiger partial charge is 0.481 e. The summed E-state index contributed by atoms with van der Waals surface area (Å²) < 4.78 is 41.3. The number of carboxylic acids is 1. The van der Waals surface area contributed by atoms with Crippen molar-refractivity contribution < 1.29 is 27.9 Å². The van der Waals surface area contributed by atoms with Crippen LogP contribution in [0.15, 0.2) is 43.0 Å². The molecule has 0 atom stereocenters. The summed E-state index contributed by atoms with van der Waals surface area (Å²) in [6.45, 7) is 8.18. The first-order valence-electron chi connectivity index (χ1n) is 12.3. The van der Waals surface area contributed by atoms with E-state index in [0.29, 0.717) is 37.4 Å². The Morgan fingerprint density at radius 2 is 1.86 bits per heavy atom. The van der Waals surface area contributed by atoms with Crippen LogP contribution in [-0.2, 0) is 35.4 Å². The van der Waals surface area contributed by atoms with Gasteiger partial charge < -0.3 is 15.3 Å². The fourth-order valence-electron chi connectivity index (χ4n) is 4.31. The molecule has 196 valence electrons. The van der Waals surface area contributed by atoms with Crippen LogP contribution in [0.5, 0.6) is 0 Å². The van der Waals surface area contributed by atoms with Gasteiger partial charge in [-0.1, -0.05) is 31.7 Å². The maximum Gasteiger partial charge on any atom is 0.418 e. The Bertz CT molecular complexity index is 1050. The van der Waals surface area contributed by atoms with Crippen LogP contribution >= 0.6 is 0 Å². The van der Waals surface area contributed by atoms with Crippen molar-refractivity contribution in [3.63, 3.8) is 0 Å². The van der Waals surface area contributed by atoms with Gasteiger partial charge in [0.05, 0.1) is 24.3 Å². The molecule has 1 aliphatic rings. The number of halogens is 3. The first kappa shape index (κ1) is 27.5. The number of carboxylic acid groups (broad SMARTS) is 1. The molecule has 1 fully saturated rings. The Morgan fingerprint density at radius 3 is 2.53 bits per heavy atom. The van der Waals surface area contributed by atoms with Gasteiger partial charge in [-0.25, -0.2) is 0 Å². The van der Waals surface area contributed by atoms with Crippen LogP contribution in [0.4, 0.5) is 18.9 Å². The monoisotopic (exact) mass is 505 g/mol. The third-order valence-electron chi connectivity index (χ3n) is 6.26. The number of hydroxylamine groups is 1. The second-order valence-electron chi connectivity index (χ2n) is 8.92. The quantitative estimate of drug-likeness (QED) is 0.261. The summed E-state index contributed by atoms with van der Waals surface area (Å²) in [6.07, 6.45) is -0.761.